The summed E-state index contributed by atoms with van der Waals surface area (Å²) in [5, 5.41) is 4.98. The van der Waals surface area contributed by atoms with Gasteiger partial charge in [-0.1, -0.05) is 6.07 Å². The van der Waals surface area contributed by atoms with Crippen LogP contribution in [-0.2, 0) is 11.2 Å². The fraction of sp³-hybridized carbons (Fsp3) is 0.500. The molecule has 0 radical (unpaired) electrons. The fourth-order valence-corrected chi connectivity index (χ4v) is 2.02. The molecule has 0 spiro atoms. The smallest absolute Gasteiger partial charge is 0.223 e. The maximum atomic E-state index is 11.3. The molecule has 19 heavy (non-hydrogen) atoms. The van der Waals surface area contributed by atoms with Crippen molar-refractivity contribution in [2.45, 2.75) is 12.8 Å². The number of nitrogens with zero attached hydrogens (tertiary/aromatic N) is 2. The molecule has 0 saturated carbocycles. The molecule has 1 heterocycles. The summed E-state index contributed by atoms with van der Waals surface area (Å²) in [6.45, 7) is 1.19. The van der Waals surface area contributed by atoms with Gasteiger partial charge in [0, 0.05) is 44.9 Å². The first kappa shape index (κ1) is 18.2. The Kier molecular flexibility index (Phi) is 9.58. The van der Waals surface area contributed by atoms with Crippen molar-refractivity contribution in [3.8, 4) is 0 Å². The number of carbonyl (C=O) groups excluding carboxylic acids is 1. The molecular formula is C12H21IN4OS. The van der Waals surface area contributed by atoms with E-state index in [1.165, 1.54) is 4.88 Å². The zero-order valence-corrected chi connectivity index (χ0v) is 14.4. The summed E-state index contributed by atoms with van der Waals surface area (Å²) in [4.78, 5) is 18.4. The van der Waals surface area contributed by atoms with E-state index in [-0.39, 0.29) is 29.9 Å². The minimum absolute atomic E-state index is 0. The second kappa shape index (κ2) is 10.0. The van der Waals surface area contributed by atoms with E-state index < -0.39 is 0 Å². The van der Waals surface area contributed by atoms with E-state index in [0.29, 0.717) is 25.5 Å². The number of halogens is 1. The van der Waals surface area contributed by atoms with Crippen molar-refractivity contribution < 1.29 is 4.79 Å². The van der Waals surface area contributed by atoms with Crippen LogP contribution in [0, 0.1) is 0 Å². The molecule has 0 atom stereocenters. The summed E-state index contributed by atoms with van der Waals surface area (Å²) in [5.74, 6) is 0.479. The number of nitrogens with two attached hydrogens (primary N) is 1. The van der Waals surface area contributed by atoms with Gasteiger partial charge in [0.05, 0.1) is 0 Å². The SMILES string of the molecule is CN(C)C(=O)CCNC(N)=NCCc1cccs1.I. The summed E-state index contributed by atoms with van der Waals surface area (Å²) in [7, 11) is 3.47. The summed E-state index contributed by atoms with van der Waals surface area (Å²) < 4.78 is 0. The van der Waals surface area contributed by atoms with Gasteiger partial charge in [0.2, 0.25) is 5.91 Å². The highest BCUT2D eigenvalue weighted by molar-refractivity contribution is 14.0. The summed E-state index contributed by atoms with van der Waals surface area (Å²) in [6.07, 6.45) is 1.32. The third kappa shape index (κ3) is 8.04. The van der Waals surface area contributed by atoms with E-state index >= 15 is 0 Å². The number of nitrogens with one attached hydrogen (secondary N) is 1. The Morgan fingerprint density at radius 3 is 2.84 bits per heavy atom. The minimum Gasteiger partial charge on any atom is -0.370 e. The lowest BCUT2D eigenvalue weighted by molar-refractivity contribution is -0.128. The molecule has 1 amide bonds. The highest BCUT2D eigenvalue weighted by atomic mass is 127. The highest BCUT2D eigenvalue weighted by Gasteiger charge is 2.02. The van der Waals surface area contributed by atoms with Gasteiger partial charge in [-0.2, -0.15) is 0 Å². The number of thiophene rings is 1. The quantitative estimate of drug-likeness (QED) is 0.433. The van der Waals surface area contributed by atoms with Gasteiger partial charge in [-0.15, -0.1) is 35.3 Å². The maximum Gasteiger partial charge on any atom is 0.223 e. The first-order valence-electron chi connectivity index (χ1n) is 5.86. The molecule has 0 aliphatic heterocycles. The van der Waals surface area contributed by atoms with Gasteiger partial charge in [0.15, 0.2) is 5.96 Å². The van der Waals surface area contributed by atoms with Crippen LogP contribution in [0.1, 0.15) is 11.3 Å². The molecule has 0 bridgehead atoms. The van der Waals surface area contributed by atoms with Gasteiger partial charge in [-0.05, 0) is 11.4 Å². The van der Waals surface area contributed by atoms with E-state index in [1.807, 2.05) is 11.4 Å². The van der Waals surface area contributed by atoms with Crippen molar-refractivity contribution in [2.24, 2.45) is 10.7 Å². The number of hydrogen-bond acceptors (Lipinski definition) is 3. The van der Waals surface area contributed by atoms with Crippen LogP contribution in [0.5, 0.6) is 0 Å². The first-order chi connectivity index (χ1) is 8.59. The fourth-order valence-electron chi connectivity index (χ4n) is 1.32. The Labute approximate surface area is 135 Å². The molecule has 0 fully saturated rings. The van der Waals surface area contributed by atoms with E-state index in [4.69, 9.17) is 5.73 Å². The highest BCUT2D eigenvalue weighted by Crippen LogP contribution is 2.08. The van der Waals surface area contributed by atoms with Crippen molar-refractivity contribution in [1.82, 2.24) is 10.2 Å². The molecule has 5 nitrogen and oxygen atoms in total. The second-order valence-corrected chi connectivity index (χ2v) is 5.09. The molecular weight excluding hydrogens is 375 g/mol. The summed E-state index contributed by atoms with van der Waals surface area (Å²) in [6, 6.07) is 4.11. The third-order valence-electron chi connectivity index (χ3n) is 2.36. The van der Waals surface area contributed by atoms with Crippen molar-refractivity contribution in [3.05, 3.63) is 22.4 Å². The standard InChI is InChI=1S/C12H20N4OS.HI/c1-16(2)11(17)6-8-15-12(13)14-7-5-10-4-3-9-18-10;/h3-4,9H,5-8H2,1-2H3,(H3,13,14,15);1H. The van der Waals surface area contributed by atoms with Crippen molar-refractivity contribution in [2.75, 3.05) is 27.2 Å². The Morgan fingerprint density at radius 1 is 1.53 bits per heavy atom. The third-order valence-corrected chi connectivity index (χ3v) is 3.30. The van der Waals surface area contributed by atoms with Crippen LogP contribution in [0.15, 0.2) is 22.5 Å². The molecule has 1 aromatic heterocycles. The normalized spacial score (nSPS) is 10.7. The number of aliphatic imine (C=N–C) groups is 1. The van der Waals surface area contributed by atoms with Gasteiger partial charge < -0.3 is 16.0 Å². The predicted octanol–water partition coefficient (Wildman–Crippen LogP) is 1.29. The molecule has 7 heteroatoms. The molecule has 0 aromatic carbocycles. The van der Waals surface area contributed by atoms with Gasteiger partial charge >= 0.3 is 0 Å². The molecule has 0 aliphatic carbocycles. The van der Waals surface area contributed by atoms with Gasteiger partial charge in [-0.25, -0.2) is 0 Å². The van der Waals surface area contributed by atoms with Crippen LogP contribution >= 0.6 is 35.3 Å². The Balaban J connectivity index is 0.00000324. The van der Waals surface area contributed by atoms with E-state index in [9.17, 15) is 4.79 Å². The van der Waals surface area contributed by atoms with Crippen LogP contribution in [0.4, 0.5) is 0 Å². The molecule has 108 valence electrons. The zero-order chi connectivity index (χ0) is 13.4. The van der Waals surface area contributed by atoms with E-state index in [1.54, 1.807) is 30.3 Å². The average Bonchev–Trinajstić information content (AvgIpc) is 2.81. The molecule has 1 rings (SSSR count). The van der Waals surface area contributed by atoms with Crippen LogP contribution < -0.4 is 11.1 Å². The van der Waals surface area contributed by atoms with Crippen LogP contribution in [0.3, 0.4) is 0 Å². The molecule has 0 unspecified atom stereocenters. The molecule has 0 saturated heterocycles. The maximum absolute atomic E-state index is 11.3. The minimum atomic E-state index is 0. The first-order valence-corrected chi connectivity index (χ1v) is 6.74. The summed E-state index contributed by atoms with van der Waals surface area (Å²) in [5.41, 5.74) is 5.69. The van der Waals surface area contributed by atoms with Crippen molar-refractivity contribution >= 4 is 47.2 Å². The molecule has 1 aromatic rings. The number of guanidine groups is 1. The summed E-state index contributed by atoms with van der Waals surface area (Å²) >= 11 is 1.72. The lowest BCUT2D eigenvalue weighted by Crippen LogP contribution is -2.35. The Hall–Kier alpha value is -0.830. The van der Waals surface area contributed by atoms with Crippen molar-refractivity contribution in [3.63, 3.8) is 0 Å². The average molecular weight is 396 g/mol. The number of carbonyl (C=O) groups is 1. The lowest BCUT2D eigenvalue weighted by Gasteiger charge is -2.10. The molecule has 3 N–H and O–H groups in total. The zero-order valence-electron chi connectivity index (χ0n) is 11.3. The van der Waals surface area contributed by atoms with Crippen LogP contribution in [0.25, 0.3) is 0 Å². The van der Waals surface area contributed by atoms with Crippen molar-refractivity contribution in [1.29, 1.82) is 0 Å². The van der Waals surface area contributed by atoms with Gasteiger partial charge in [0.25, 0.3) is 0 Å². The number of amides is 1. The second-order valence-electron chi connectivity index (χ2n) is 4.06. The number of rotatable bonds is 6. The van der Waals surface area contributed by atoms with Crippen LogP contribution in [0.2, 0.25) is 0 Å². The molecule has 0 aliphatic rings. The van der Waals surface area contributed by atoms with E-state index in [0.717, 1.165) is 6.42 Å². The van der Waals surface area contributed by atoms with E-state index in [2.05, 4.69) is 16.4 Å². The van der Waals surface area contributed by atoms with Gasteiger partial charge in [-0.3, -0.25) is 9.79 Å². The Bertz CT molecular complexity index is 392. The van der Waals surface area contributed by atoms with Crippen LogP contribution in [-0.4, -0.2) is 44.0 Å². The number of hydrogen-bond donors (Lipinski definition) is 2. The Morgan fingerprint density at radius 2 is 2.26 bits per heavy atom. The monoisotopic (exact) mass is 396 g/mol. The van der Waals surface area contributed by atoms with Gasteiger partial charge in [0.1, 0.15) is 0 Å². The lowest BCUT2D eigenvalue weighted by atomic mass is 10.3. The predicted molar refractivity (Wildman–Crippen MR) is 91.2 cm³/mol. The largest absolute Gasteiger partial charge is 0.370 e. The topological polar surface area (TPSA) is 70.7 Å².